The highest BCUT2D eigenvalue weighted by Gasteiger charge is 2.41. The lowest BCUT2D eigenvalue weighted by Crippen LogP contribution is -2.38. The normalized spacial score (nSPS) is 22.5. The number of halogens is 1. The summed E-state index contributed by atoms with van der Waals surface area (Å²) in [7, 11) is 0. The first kappa shape index (κ1) is 13.3. The molecule has 0 radical (unpaired) electrons. The number of phenols is 1. The number of carbonyl (C=O) groups excluding carboxylic acids is 2. The van der Waals surface area contributed by atoms with Gasteiger partial charge in [-0.3, -0.25) is 9.59 Å². The number of nitrogens with zero attached hydrogens (tertiary/aromatic N) is 1. The van der Waals surface area contributed by atoms with Gasteiger partial charge in [0.15, 0.2) is 0 Å². The Morgan fingerprint density at radius 1 is 1.47 bits per heavy atom. The first-order valence-corrected chi connectivity index (χ1v) is 5.92. The number of hydrogen-bond acceptors (Lipinski definition) is 3. The summed E-state index contributed by atoms with van der Waals surface area (Å²) in [6.07, 6.45) is 0.434. The van der Waals surface area contributed by atoms with Crippen LogP contribution in [0.2, 0.25) is 0 Å². The predicted molar refractivity (Wildman–Crippen MR) is 65.9 cm³/mol. The average Bonchev–Trinajstić information content (AvgIpc) is 2.73. The van der Waals surface area contributed by atoms with Crippen molar-refractivity contribution >= 4 is 11.8 Å². The zero-order chi connectivity index (χ0) is 14.2. The molecule has 1 aliphatic rings. The molecule has 2 amide bonds. The molecule has 5 nitrogen and oxygen atoms in total. The smallest absolute Gasteiger partial charge is 0.260 e. The van der Waals surface area contributed by atoms with Gasteiger partial charge in [-0.15, -0.1) is 0 Å². The maximum atomic E-state index is 13.6. The summed E-state index contributed by atoms with van der Waals surface area (Å²) in [5, 5.41) is 9.58. The number of benzene rings is 1. The van der Waals surface area contributed by atoms with Crippen LogP contribution in [0, 0.1) is 11.2 Å². The summed E-state index contributed by atoms with van der Waals surface area (Å²) in [6, 6.07) is 3.68. The number of carbonyl (C=O) groups is 2. The minimum absolute atomic E-state index is 0.134. The number of primary amides is 1. The van der Waals surface area contributed by atoms with E-state index in [1.165, 1.54) is 17.0 Å². The topological polar surface area (TPSA) is 83.6 Å². The molecule has 1 heterocycles. The molecule has 1 aliphatic heterocycles. The van der Waals surface area contributed by atoms with E-state index in [0.717, 1.165) is 6.07 Å². The Kier molecular flexibility index (Phi) is 3.18. The van der Waals surface area contributed by atoms with Crippen LogP contribution in [-0.4, -0.2) is 34.9 Å². The van der Waals surface area contributed by atoms with Gasteiger partial charge >= 0.3 is 0 Å². The molecular formula is C13H15FN2O3. The minimum Gasteiger partial charge on any atom is -0.507 e. The molecule has 1 atom stereocenters. The number of nitrogens with two attached hydrogens (primary N) is 1. The minimum atomic E-state index is -0.795. The van der Waals surface area contributed by atoms with Crippen molar-refractivity contribution in [1.29, 1.82) is 0 Å². The Morgan fingerprint density at radius 3 is 2.68 bits per heavy atom. The summed E-state index contributed by atoms with van der Waals surface area (Å²) in [5.74, 6) is -2.29. The van der Waals surface area contributed by atoms with Crippen molar-refractivity contribution in [3.05, 3.63) is 29.6 Å². The molecule has 3 N–H and O–H groups in total. The number of likely N-dealkylation sites (tertiary alicyclic amines) is 1. The predicted octanol–water partition coefficient (Wildman–Crippen LogP) is 0.869. The van der Waals surface area contributed by atoms with Gasteiger partial charge in [0.2, 0.25) is 5.91 Å². The number of phenolic OH excluding ortho intramolecular Hbond substituents is 1. The molecule has 102 valence electrons. The van der Waals surface area contributed by atoms with E-state index in [1.807, 2.05) is 0 Å². The lowest BCUT2D eigenvalue weighted by molar-refractivity contribution is -0.126. The first-order chi connectivity index (χ1) is 8.85. The molecule has 0 bridgehead atoms. The zero-order valence-corrected chi connectivity index (χ0v) is 10.5. The molecule has 0 aromatic heterocycles. The van der Waals surface area contributed by atoms with Crippen LogP contribution in [0.15, 0.2) is 18.2 Å². The van der Waals surface area contributed by atoms with Gasteiger partial charge in [-0.1, -0.05) is 6.07 Å². The van der Waals surface area contributed by atoms with Crippen molar-refractivity contribution in [2.45, 2.75) is 13.3 Å². The molecule has 19 heavy (non-hydrogen) atoms. The highest BCUT2D eigenvalue weighted by atomic mass is 19.1. The molecule has 2 rings (SSSR count). The zero-order valence-electron chi connectivity index (χ0n) is 10.5. The third-order valence-corrected chi connectivity index (χ3v) is 3.56. The van der Waals surface area contributed by atoms with Crippen LogP contribution in [0.25, 0.3) is 0 Å². The van der Waals surface area contributed by atoms with Crippen molar-refractivity contribution in [3.8, 4) is 5.75 Å². The SMILES string of the molecule is CC1(C(N)=O)CCN(C(=O)c2c(O)cccc2F)C1. The Hall–Kier alpha value is -2.11. The standard InChI is InChI=1S/C13H15FN2O3/c1-13(12(15)19)5-6-16(7-13)11(18)10-8(14)3-2-4-9(10)17/h2-4,17H,5-7H2,1H3,(H2,15,19). The molecule has 0 saturated carbocycles. The molecule has 1 unspecified atom stereocenters. The van der Waals surface area contributed by atoms with Crippen molar-refractivity contribution < 1.29 is 19.1 Å². The summed E-state index contributed by atoms with van der Waals surface area (Å²) in [4.78, 5) is 24.8. The van der Waals surface area contributed by atoms with Crippen LogP contribution in [0.3, 0.4) is 0 Å². The molecule has 6 heteroatoms. The highest BCUT2D eigenvalue weighted by molar-refractivity contribution is 5.98. The second kappa shape index (κ2) is 4.53. The van der Waals surface area contributed by atoms with Gasteiger partial charge in [0, 0.05) is 13.1 Å². The molecule has 1 aromatic rings. The lowest BCUT2D eigenvalue weighted by Gasteiger charge is -2.21. The number of aromatic hydroxyl groups is 1. The van der Waals surface area contributed by atoms with Gasteiger partial charge in [-0.2, -0.15) is 0 Å². The first-order valence-electron chi connectivity index (χ1n) is 5.92. The second-order valence-corrected chi connectivity index (χ2v) is 5.04. The summed E-state index contributed by atoms with van der Waals surface area (Å²) in [5.41, 5.74) is 4.13. The van der Waals surface area contributed by atoms with Gasteiger partial charge in [0.05, 0.1) is 5.41 Å². The van der Waals surface area contributed by atoms with Crippen molar-refractivity contribution in [1.82, 2.24) is 4.90 Å². The number of hydrogen-bond donors (Lipinski definition) is 2. The Balaban J connectivity index is 2.25. The quantitative estimate of drug-likeness (QED) is 0.833. The molecular weight excluding hydrogens is 251 g/mol. The number of amides is 2. The van der Waals surface area contributed by atoms with E-state index in [9.17, 15) is 19.1 Å². The van der Waals surface area contributed by atoms with Crippen LogP contribution in [0.1, 0.15) is 23.7 Å². The van der Waals surface area contributed by atoms with Crippen LogP contribution in [0.5, 0.6) is 5.75 Å². The van der Waals surface area contributed by atoms with E-state index in [2.05, 4.69) is 0 Å². The van der Waals surface area contributed by atoms with E-state index < -0.39 is 28.8 Å². The molecule has 1 aromatic carbocycles. The van der Waals surface area contributed by atoms with E-state index in [1.54, 1.807) is 6.92 Å². The van der Waals surface area contributed by atoms with Crippen molar-refractivity contribution in [2.75, 3.05) is 13.1 Å². The summed E-state index contributed by atoms with van der Waals surface area (Å²) >= 11 is 0. The van der Waals surface area contributed by atoms with E-state index in [4.69, 9.17) is 5.73 Å². The summed E-state index contributed by atoms with van der Waals surface area (Å²) < 4.78 is 13.6. The molecule has 1 saturated heterocycles. The maximum absolute atomic E-state index is 13.6. The fourth-order valence-corrected chi connectivity index (χ4v) is 2.22. The van der Waals surface area contributed by atoms with Gasteiger partial charge in [0.1, 0.15) is 17.1 Å². The fourth-order valence-electron chi connectivity index (χ4n) is 2.22. The van der Waals surface area contributed by atoms with Crippen molar-refractivity contribution in [3.63, 3.8) is 0 Å². The fraction of sp³-hybridized carbons (Fsp3) is 0.385. The lowest BCUT2D eigenvalue weighted by atomic mass is 9.89. The van der Waals surface area contributed by atoms with Gasteiger partial charge < -0.3 is 15.7 Å². The monoisotopic (exact) mass is 266 g/mol. The third kappa shape index (κ3) is 2.25. The second-order valence-electron chi connectivity index (χ2n) is 5.04. The highest BCUT2D eigenvalue weighted by Crippen LogP contribution is 2.32. The Bertz CT molecular complexity index is 526. The number of rotatable bonds is 2. The Labute approximate surface area is 109 Å². The Morgan fingerprint density at radius 2 is 2.16 bits per heavy atom. The van der Waals surface area contributed by atoms with Gasteiger partial charge in [0.25, 0.3) is 5.91 Å². The maximum Gasteiger partial charge on any atom is 0.260 e. The van der Waals surface area contributed by atoms with Gasteiger partial charge in [-0.05, 0) is 25.5 Å². The van der Waals surface area contributed by atoms with Gasteiger partial charge in [-0.25, -0.2) is 4.39 Å². The van der Waals surface area contributed by atoms with E-state index in [-0.39, 0.29) is 12.1 Å². The largest absolute Gasteiger partial charge is 0.507 e. The van der Waals surface area contributed by atoms with Crippen LogP contribution < -0.4 is 5.73 Å². The van der Waals surface area contributed by atoms with Crippen LogP contribution in [-0.2, 0) is 4.79 Å². The molecule has 1 fully saturated rings. The van der Waals surface area contributed by atoms with Crippen LogP contribution in [0.4, 0.5) is 4.39 Å². The molecule has 0 spiro atoms. The van der Waals surface area contributed by atoms with E-state index in [0.29, 0.717) is 13.0 Å². The molecule has 0 aliphatic carbocycles. The third-order valence-electron chi connectivity index (χ3n) is 3.56. The van der Waals surface area contributed by atoms with Crippen molar-refractivity contribution in [2.24, 2.45) is 11.1 Å². The average molecular weight is 266 g/mol. The van der Waals surface area contributed by atoms with Crippen LogP contribution >= 0.6 is 0 Å². The van der Waals surface area contributed by atoms with E-state index >= 15 is 0 Å². The summed E-state index contributed by atoms with van der Waals surface area (Å²) in [6.45, 7) is 2.12.